The molecule has 5 nitrogen and oxygen atoms in total. The molecule has 0 aliphatic rings. The molecule has 3 N–H and O–H groups in total. The van der Waals surface area contributed by atoms with Crippen LogP contribution in [0.5, 0.6) is 5.75 Å². The first-order valence-corrected chi connectivity index (χ1v) is 9.91. The quantitative estimate of drug-likeness (QED) is 0.290. The number of hydrogen-bond acceptors (Lipinski definition) is 3. The molecule has 1 heterocycles. The summed E-state index contributed by atoms with van der Waals surface area (Å²) < 4.78 is 7.87. The fourth-order valence-electron chi connectivity index (χ4n) is 4.10. The van der Waals surface area contributed by atoms with Gasteiger partial charge >= 0.3 is 0 Å². The van der Waals surface area contributed by atoms with Gasteiger partial charge in [-0.15, -0.1) is 0 Å². The normalized spacial score (nSPS) is 10.9. The Labute approximate surface area is 176 Å². The zero-order valence-corrected chi connectivity index (χ0v) is 17.2. The predicted molar refractivity (Wildman–Crippen MR) is 120 cm³/mol. The van der Waals surface area contributed by atoms with Gasteiger partial charge in [0, 0.05) is 17.6 Å². The van der Waals surface area contributed by atoms with Crippen LogP contribution in [0.4, 0.5) is 0 Å². The molecule has 0 bridgehead atoms. The summed E-state index contributed by atoms with van der Waals surface area (Å²) in [6, 6.07) is 24.8. The van der Waals surface area contributed by atoms with Crippen LogP contribution in [0.1, 0.15) is 16.8 Å². The molecule has 5 heteroatoms. The predicted octanol–water partition coefficient (Wildman–Crippen LogP) is 4.21. The van der Waals surface area contributed by atoms with Gasteiger partial charge in [-0.05, 0) is 41.3 Å². The molecule has 0 saturated heterocycles. The number of amides is 1. The number of benzene rings is 3. The van der Waals surface area contributed by atoms with Gasteiger partial charge in [0.15, 0.2) is 0 Å². The second kappa shape index (κ2) is 8.43. The largest absolute Gasteiger partial charge is 0.496 e. The van der Waals surface area contributed by atoms with Crippen molar-refractivity contribution in [1.29, 1.82) is 0 Å². The van der Waals surface area contributed by atoms with Crippen LogP contribution in [-0.4, -0.2) is 17.6 Å². The summed E-state index contributed by atoms with van der Waals surface area (Å²) in [5.74, 6) is 5.89. The molecule has 0 spiro atoms. The number of nitrogens with zero attached hydrogens (tertiary/aromatic N) is 1. The summed E-state index contributed by atoms with van der Waals surface area (Å²) in [7, 11) is 1.65. The molecule has 0 atom stereocenters. The number of fused-ring (bicyclic) bond motifs is 1. The van der Waals surface area contributed by atoms with Gasteiger partial charge < -0.3 is 9.30 Å². The van der Waals surface area contributed by atoms with E-state index in [-0.39, 0.29) is 12.3 Å². The minimum atomic E-state index is -0.229. The number of carbonyl (C=O) groups excluding carboxylic acids is 1. The zero-order chi connectivity index (χ0) is 21.1. The van der Waals surface area contributed by atoms with Gasteiger partial charge in [0.25, 0.3) is 0 Å². The molecule has 0 radical (unpaired) electrons. The third kappa shape index (κ3) is 3.55. The Morgan fingerprint density at radius 3 is 2.47 bits per heavy atom. The molecule has 0 unspecified atom stereocenters. The van der Waals surface area contributed by atoms with Crippen molar-refractivity contribution < 1.29 is 9.53 Å². The van der Waals surface area contributed by atoms with Crippen molar-refractivity contribution in [3.05, 3.63) is 89.6 Å². The minimum absolute atomic E-state index is 0.201. The summed E-state index contributed by atoms with van der Waals surface area (Å²) in [4.78, 5) is 12.1. The van der Waals surface area contributed by atoms with Gasteiger partial charge in [0.2, 0.25) is 5.91 Å². The Bertz CT molecular complexity index is 1200. The molecule has 152 valence electrons. The van der Waals surface area contributed by atoms with E-state index < -0.39 is 0 Å². The average Bonchev–Trinajstić information content (AvgIpc) is 3.05. The SMILES string of the molecule is COc1cccc2c1c(CC(=O)NN)c(C)n2Cc1ccccc1-c1ccccc1. The highest BCUT2D eigenvalue weighted by Gasteiger charge is 2.20. The van der Waals surface area contributed by atoms with Crippen LogP contribution in [-0.2, 0) is 17.8 Å². The summed E-state index contributed by atoms with van der Waals surface area (Å²) >= 11 is 0. The highest BCUT2D eigenvalue weighted by Crippen LogP contribution is 2.35. The Balaban J connectivity index is 1.87. The third-order valence-electron chi connectivity index (χ3n) is 5.59. The Kier molecular flexibility index (Phi) is 5.55. The number of ether oxygens (including phenoxy) is 1. The molecule has 4 rings (SSSR count). The molecule has 30 heavy (non-hydrogen) atoms. The fourth-order valence-corrected chi connectivity index (χ4v) is 4.10. The molecule has 0 saturated carbocycles. The molecule has 0 fully saturated rings. The maximum absolute atomic E-state index is 12.1. The lowest BCUT2D eigenvalue weighted by Crippen LogP contribution is -2.31. The van der Waals surface area contributed by atoms with Crippen molar-refractivity contribution in [3.63, 3.8) is 0 Å². The number of hydrogen-bond donors (Lipinski definition) is 2. The smallest absolute Gasteiger partial charge is 0.238 e. The number of methoxy groups -OCH3 is 1. The Morgan fingerprint density at radius 2 is 1.73 bits per heavy atom. The second-order valence-corrected chi connectivity index (χ2v) is 7.27. The van der Waals surface area contributed by atoms with Gasteiger partial charge in [-0.2, -0.15) is 0 Å². The van der Waals surface area contributed by atoms with Gasteiger partial charge in [-0.1, -0.05) is 60.7 Å². The van der Waals surface area contributed by atoms with E-state index >= 15 is 0 Å². The molecule has 1 aromatic heterocycles. The highest BCUT2D eigenvalue weighted by atomic mass is 16.5. The summed E-state index contributed by atoms with van der Waals surface area (Å²) in [6.07, 6.45) is 0.201. The molecule has 0 aliphatic carbocycles. The van der Waals surface area contributed by atoms with E-state index in [0.717, 1.165) is 27.9 Å². The summed E-state index contributed by atoms with van der Waals surface area (Å²) in [6.45, 7) is 2.73. The lowest BCUT2D eigenvalue weighted by Gasteiger charge is -2.14. The standard InChI is InChI=1S/C25H25N3O2/c1-17-21(15-24(29)27-26)25-22(13-8-14-23(25)30-2)28(17)16-19-11-6-7-12-20(19)18-9-4-3-5-10-18/h3-14H,15-16,26H2,1-2H3,(H,27,29). The van der Waals surface area contributed by atoms with Crippen LogP contribution in [0, 0.1) is 6.92 Å². The van der Waals surface area contributed by atoms with Crippen molar-refractivity contribution >= 4 is 16.8 Å². The molecule has 3 aromatic carbocycles. The van der Waals surface area contributed by atoms with E-state index in [1.807, 2.05) is 25.1 Å². The number of carbonyl (C=O) groups is 1. The van der Waals surface area contributed by atoms with Crippen molar-refractivity contribution in [2.75, 3.05) is 7.11 Å². The topological polar surface area (TPSA) is 69.3 Å². The van der Waals surface area contributed by atoms with E-state index in [1.165, 1.54) is 16.7 Å². The van der Waals surface area contributed by atoms with E-state index in [4.69, 9.17) is 10.6 Å². The first-order valence-electron chi connectivity index (χ1n) is 9.91. The summed E-state index contributed by atoms with van der Waals surface area (Å²) in [5, 5.41) is 0.957. The number of nitrogens with two attached hydrogens (primary N) is 1. The minimum Gasteiger partial charge on any atom is -0.496 e. The van der Waals surface area contributed by atoms with Crippen LogP contribution in [0.2, 0.25) is 0 Å². The first kappa shape index (κ1) is 19.7. The highest BCUT2D eigenvalue weighted by molar-refractivity contribution is 5.95. The lowest BCUT2D eigenvalue weighted by molar-refractivity contribution is -0.120. The second-order valence-electron chi connectivity index (χ2n) is 7.27. The summed E-state index contributed by atoms with van der Waals surface area (Å²) in [5.41, 5.74) is 8.83. The number of rotatable bonds is 6. The van der Waals surface area contributed by atoms with Crippen LogP contribution in [0.3, 0.4) is 0 Å². The van der Waals surface area contributed by atoms with E-state index in [9.17, 15) is 4.79 Å². The van der Waals surface area contributed by atoms with Crippen LogP contribution >= 0.6 is 0 Å². The average molecular weight is 399 g/mol. The number of aromatic nitrogens is 1. The van der Waals surface area contributed by atoms with Crippen LogP contribution < -0.4 is 16.0 Å². The van der Waals surface area contributed by atoms with Crippen LogP contribution in [0.15, 0.2) is 72.8 Å². The number of nitrogens with one attached hydrogen (secondary N) is 1. The van der Waals surface area contributed by atoms with Gasteiger partial charge in [0.05, 0.1) is 19.0 Å². The third-order valence-corrected chi connectivity index (χ3v) is 5.59. The maximum atomic E-state index is 12.1. The number of hydrazine groups is 1. The molecule has 4 aromatic rings. The maximum Gasteiger partial charge on any atom is 0.238 e. The van der Waals surface area contributed by atoms with Crippen molar-refractivity contribution in [1.82, 2.24) is 9.99 Å². The zero-order valence-electron chi connectivity index (χ0n) is 17.2. The van der Waals surface area contributed by atoms with Gasteiger partial charge in [0.1, 0.15) is 5.75 Å². The Morgan fingerprint density at radius 1 is 1.00 bits per heavy atom. The van der Waals surface area contributed by atoms with Crippen LogP contribution in [0.25, 0.3) is 22.0 Å². The molecular weight excluding hydrogens is 374 g/mol. The van der Waals surface area contributed by atoms with E-state index in [1.54, 1.807) is 7.11 Å². The van der Waals surface area contributed by atoms with Gasteiger partial charge in [-0.25, -0.2) is 5.84 Å². The first-order chi connectivity index (χ1) is 14.6. The lowest BCUT2D eigenvalue weighted by atomic mass is 9.99. The fraction of sp³-hybridized carbons (Fsp3) is 0.160. The molecular formula is C25H25N3O2. The van der Waals surface area contributed by atoms with Crippen molar-refractivity contribution in [2.45, 2.75) is 19.9 Å². The van der Waals surface area contributed by atoms with Crippen molar-refractivity contribution in [2.24, 2.45) is 5.84 Å². The van der Waals surface area contributed by atoms with Gasteiger partial charge in [-0.3, -0.25) is 10.2 Å². The monoisotopic (exact) mass is 399 g/mol. The van der Waals surface area contributed by atoms with E-state index in [0.29, 0.717) is 6.54 Å². The molecule has 1 amide bonds. The molecule has 0 aliphatic heterocycles. The Hall–Kier alpha value is -3.57. The van der Waals surface area contributed by atoms with E-state index in [2.05, 4.69) is 64.6 Å². The van der Waals surface area contributed by atoms with Crippen molar-refractivity contribution in [3.8, 4) is 16.9 Å².